The van der Waals surface area contributed by atoms with Crippen LogP contribution in [0, 0.1) is 5.92 Å². The Morgan fingerprint density at radius 2 is 2.23 bits per heavy atom. The van der Waals surface area contributed by atoms with Crippen molar-refractivity contribution in [3.63, 3.8) is 0 Å². The van der Waals surface area contributed by atoms with E-state index in [1.165, 1.54) is 5.69 Å². The molecule has 0 aromatic carbocycles. The Balaban J connectivity index is 1.79. The number of likely N-dealkylation sites (tertiary alicyclic amines) is 1. The standard InChI is InChI=1S/C16H23N5O/c1-17-16(22)15-11-21(9-13-5-4-6-19(13)2)10-14(15)12-7-18-20(3)8-12/h4-8,14-15H,9-11H2,1-3H3,(H,17,22)/t14-,15+/m1/s1. The van der Waals surface area contributed by atoms with E-state index in [2.05, 4.69) is 45.3 Å². The average molecular weight is 301 g/mol. The molecule has 1 saturated heterocycles. The summed E-state index contributed by atoms with van der Waals surface area (Å²) in [5.41, 5.74) is 2.41. The van der Waals surface area contributed by atoms with Crippen LogP contribution in [-0.4, -0.2) is 45.3 Å². The summed E-state index contributed by atoms with van der Waals surface area (Å²) in [7, 11) is 5.68. The summed E-state index contributed by atoms with van der Waals surface area (Å²) in [5, 5.41) is 7.06. The Labute approximate surface area is 130 Å². The van der Waals surface area contributed by atoms with Gasteiger partial charge >= 0.3 is 0 Å². The molecule has 1 aliphatic rings. The van der Waals surface area contributed by atoms with Gasteiger partial charge < -0.3 is 9.88 Å². The molecular formula is C16H23N5O. The van der Waals surface area contributed by atoms with Crippen LogP contribution in [0.5, 0.6) is 0 Å². The van der Waals surface area contributed by atoms with Crippen LogP contribution in [0.3, 0.4) is 0 Å². The Hall–Kier alpha value is -2.08. The molecule has 3 rings (SSSR count). The molecular weight excluding hydrogens is 278 g/mol. The van der Waals surface area contributed by atoms with Crippen molar-refractivity contribution in [1.29, 1.82) is 0 Å². The van der Waals surface area contributed by atoms with Gasteiger partial charge in [-0.3, -0.25) is 14.4 Å². The second-order valence-corrected chi connectivity index (χ2v) is 6.08. The molecule has 3 heterocycles. The van der Waals surface area contributed by atoms with E-state index >= 15 is 0 Å². The Morgan fingerprint density at radius 1 is 1.41 bits per heavy atom. The Kier molecular flexibility index (Phi) is 4.02. The maximum Gasteiger partial charge on any atom is 0.224 e. The van der Waals surface area contributed by atoms with Crippen molar-refractivity contribution in [2.45, 2.75) is 12.5 Å². The molecule has 0 bridgehead atoms. The molecule has 0 saturated carbocycles. The topological polar surface area (TPSA) is 55.1 Å². The average Bonchev–Trinajstić information content (AvgIpc) is 3.20. The van der Waals surface area contributed by atoms with Crippen LogP contribution in [0.4, 0.5) is 0 Å². The van der Waals surface area contributed by atoms with Crippen molar-refractivity contribution >= 4 is 5.91 Å². The van der Waals surface area contributed by atoms with Gasteiger partial charge in [-0.25, -0.2) is 0 Å². The molecule has 1 N–H and O–H groups in total. The fourth-order valence-electron chi connectivity index (χ4n) is 3.32. The summed E-state index contributed by atoms with van der Waals surface area (Å²) >= 11 is 0. The zero-order valence-electron chi connectivity index (χ0n) is 13.4. The molecule has 2 aromatic heterocycles. The summed E-state index contributed by atoms with van der Waals surface area (Å²) in [5.74, 6) is 0.298. The van der Waals surface area contributed by atoms with Crippen molar-refractivity contribution in [2.75, 3.05) is 20.1 Å². The quantitative estimate of drug-likeness (QED) is 0.905. The first-order chi connectivity index (χ1) is 10.6. The molecule has 2 aromatic rings. The van der Waals surface area contributed by atoms with Crippen LogP contribution in [-0.2, 0) is 25.4 Å². The maximum absolute atomic E-state index is 12.2. The zero-order chi connectivity index (χ0) is 15.7. The van der Waals surface area contributed by atoms with Gasteiger partial charge in [0.2, 0.25) is 5.91 Å². The predicted molar refractivity (Wildman–Crippen MR) is 84.2 cm³/mol. The summed E-state index contributed by atoms with van der Waals surface area (Å²) in [6, 6.07) is 4.19. The lowest BCUT2D eigenvalue weighted by molar-refractivity contribution is -0.124. The van der Waals surface area contributed by atoms with Crippen LogP contribution in [0.2, 0.25) is 0 Å². The molecule has 6 nitrogen and oxygen atoms in total. The lowest BCUT2D eigenvalue weighted by Gasteiger charge is -2.16. The van der Waals surface area contributed by atoms with E-state index in [4.69, 9.17) is 0 Å². The number of carbonyl (C=O) groups is 1. The minimum Gasteiger partial charge on any atom is -0.359 e. The third kappa shape index (κ3) is 2.78. The first-order valence-corrected chi connectivity index (χ1v) is 7.61. The largest absolute Gasteiger partial charge is 0.359 e. The number of carbonyl (C=O) groups excluding carboxylic acids is 1. The minimum absolute atomic E-state index is 0.0190. The monoisotopic (exact) mass is 301 g/mol. The normalized spacial score (nSPS) is 22.1. The Morgan fingerprint density at radius 3 is 2.82 bits per heavy atom. The van der Waals surface area contributed by atoms with Gasteiger partial charge in [0.05, 0.1) is 12.1 Å². The van der Waals surface area contributed by atoms with Crippen LogP contribution < -0.4 is 5.32 Å². The number of nitrogens with one attached hydrogen (secondary N) is 1. The minimum atomic E-state index is -0.0190. The number of hydrogen-bond donors (Lipinski definition) is 1. The van der Waals surface area contributed by atoms with Crippen molar-refractivity contribution in [1.82, 2.24) is 24.6 Å². The maximum atomic E-state index is 12.2. The van der Waals surface area contributed by atoms with Gasteiger partial charge in [0.15, 0.2) is 0 Å². The van der Waals surface area contributed by atoms with Crippen molar-refractivity contribution in [2.24, 2.45) is 20.0 Å². The number of aromatic nitrogens is 3. The highest BCUT2D eigenvalue weighted by Crippen LogP contribution is 2.33. The highest BCUT2D eigenvalue weighted by molar-refractivity contribution is 5.80. The van der Waals surface area contributed by atoms with Crippen molar-refractivity contribution < 1.29 is 4.79 Å². The molecule has 6 heteroatoms. The first kappa shape index (κ1) is 14.8. The second kappa shape index (κ2) is 5.96. The number of amides is 1. The summed E-state index contributed by atoms with van der Waals surface area (Å²) in [6.45, 7) is 2.53. The molecule has 0 radical (unpaired) electrons. The summed E-state index contributed by atoms with van der Waals surface area (Å²) in [6.07, 6.45) is 5.96. The van der Waals surface area contributed by atoms with E-state index in [1.807, 2.05) is 19.4 Å². The third-order valence-corrected chi connectivity index (χ3v) is 4.57. The van der Waals surface area contributed by atoms with Crippen LogP contribution in [0.1, 0.15) is 17.2 Å². The van der Waals surface area contributed by atoms with Crippen LogP contribution >= 0.6 is 0 Å². The van der Waals surface area contributed by atoms with E-state index in [1.54, 1.807) is 11.7 Å². The lowest BCUT2D eigenvalue weighted by Crippen LogP contribution is -2.32. The summed E-state index contributed by atoms with van der Waals surface area (Å²) < 4.78 is 3.93. The molecule has 2 atom stereocenters. The van der Waals surface area contributed by atoms with Gasteiger partial charge in [-0.05, 0) is 17.7 Å². The SMILES string of the molecule is CNC(=O)[C@H]1CN(Cc2cccn2C)C[C@@H]1c1cnn(C)c1. The van der Waals surface area contributed by atoms with Gasteiger partial charge in [-0.15, -0.1) is 0 Å². The van der Waals surface area contributed by atoms with Gasteiger partial charge in [-0.2, -0.15) is 5.10 Å². The number of nitrogens with zero attached hydrogens (tertiary/aromatic N) is 4. The molecule has 0 spiro atoms. The van der Waals surface area contributed by atoms with E-state index in [0.29, 0.717) is 0 Å². The smallest absolute Gasteiger partial charge is 0.224 e. The predicted octanol–water partition coefficient (Wildman–Crippen LogP) is 0.720. The fourth-order valence-corrected chi connectivity index (χ4v) is 3.32. The van der Waals surface area contributed by atoms with Gasteiger partial charge in [-0.1, -0.05) is 0 Å². The second-order valence-electron chi connectivity index (χ2n) is 6.08. The molecule has 1 fully saturated rings. The molecule has 1 aliphatic heterocycles. The highest BCUT2D eigenvalue weighted by Gasteiger charge is 2.38. The van der Waals surface area contributed by atoms with Crippen molar-refractivity contribution in [3.05, 3.63) is 42.0 Å². The fraction of sp³-hybridized carbons (Fsp3) is 0.500. The molecule has 118 valence electrons. The Bertz CT molecular complexity index is 659. The van der Waals surface area contributed by atoms with E-state index < -0.39 is 0 Å². The van der Waals surface area contributed by atoms with Crippen LogP contribution in [0.25, 0.3) is 0 Å². The van der Waals surface area contributed by atoms with Gasteiger partial charge in [0.1, 0.15) is 0 Å². The van der Waals surface area contributed by atoms with Gasteiger partial charge in [0.25, 0.3) is 0 Å². The molecule has 22 heavy (non-hydrogen) atoms. The summed E-state index contributed by atoms with van der Waals surface area (Å²) in [4.78, 5) is 14.6. The van der Waals surface area contributed by atoms with Crippen molar-refractivity contribution in [3.8, 4) is 0 Å². The van der Waals surface area contributed by atoms with E-state index in [-0.39, 0.29) is 17.7 Å². The lowest BCUT2D eigenvalue weighted by atomic mass is 9.90. The number of rotatable bonds is 4. The van der Waals surface area contributed by atoms with Gasteiger partial charge in [0, 0.05) is 64.8 Å². The molecule has 0 aliphatic carbocycles. The van der Waals surface area contributed by atoms with Crippen LogP contribution in [0.15, 0.2) is 30.7 Å². The molecule has 0 unspecified atom stereocenters. The number of hydrogen-bond acceptors (Lipinski definition) is 3. The number of aryl methyl sites for hydroxylation is 2. The first-order valence-electron chi connectivity index (χ1n) is 7.61. The highest BCUT2D eigenvalue weighted by atomic mass is 16.1. The molecule has 1 amide bonds. The third-order valence-electron chi connectivity index (χ3n) is 4.57. The van der Waals surface area contributed by atoms with E-state index in [9.17, 15) is 4.79 Å². The van der Waals surface area contributed by atoms with E-state index in [0.717, 1.165) is 25.2 Å². The zero-order valence-corrected chi connectivity index (χ0v) is 13.4.